The molecule has 31 heavy (non-hydrogen) atoms. The highest BCUT2D eigenvalue weighted by atomic mass is 32.2. The SMILES string of the molecule is CN1CCN(S(=O)(=O)c2cccc(C(=O)Nc3nc(-c4cccc(F)c4)cs3)c2)CC1. The van der Waals surface area contributed by atoms with E-state index >= 15 is 0 Å². The first kappa shape index (κ1) is 21.6. The van der Waals surface area contributed by atoms with Crippen molar-refractivity contribution in [3.05, 3.63) is 65.3 Å². The molecule has 4 rings (SSSR count). The Morgan fingerprint density at radius 3 is 2.58 bits per heavy atom. The first-order valence-corrected chi connectivity index (χ1v) is 12.0. The third-order valence-corrected chi connectivity index (χ3v) is 7.69. The number of piperazine rings is 1. The summed E-state index contributed by atoms with van der Waals surface area (Å²) in [7, 11) is -1.72. The van der Waals surface area contributed by atoms with Crippen molar-refractivity contribution in [2.24, 2.45) is 0 Å². The topological polar surface area (TPSA) is 82.6 Å². The minimum Gasteiger partial charge on any atom is -0.304 e. The van der Waals surface area contributed by atoms with Crippen molar-refractivity contribution < 1.29 is 17.6 Å². The molecule has 0 spiro atoms. The van der Waals surface area contributed by atoms with E-state index in [0.29, 0.717) is 42.6 Å². The average molecular weight is 461 g/mol. The fourth-order valence-corrected chi connectivity index (χ4v) is 5.44. The van der Waals surface area contributed by atoms with Gasteiger partial charge in [-0.2, -0.15) is 4.31 Å². The molecule has 1 amide bonds. The van der Waals surface area contributed by atoms with E-state index in [0.717, 1.165) is 0 Å². The maximum absolute atomic E-state index is 13.4. The normalized spacial score (nSPS) is 15.7. The van der Waals surface area contributed by atoms with Gasteiger partial charge in [0.05, 0.1) is 10.6 Å². The molecule has 2 aromatic carbocycles. The summed E-state index contributed by atoms with van der Waals surface area (Å²) in [5.74, 6) is -0.829. The fourth-order valence-electron chi connectivity index (χ4n) is 3.26. The third kappa shape index (κ3) is 4.82. The monoisotopic (exact) mass is 460 g/mol. The zero-order chi connectivity index (χ0) is 22.0. The smallest absolute Gasteiger partial charge is 0.257 e. The van der Waals surface area contributed by atoms with Gasteiger partial charge in [0, 0.05) is 42.7 Å². The van der Waals surface area contributed by atoms with Crippen molar-refractivity contribution in [1.29, 1.82) is 0 Å². The van der Waals surface area contributed by atoms with Crippen LogP contribution in [0.4, 0.5) is 9.52 Å². The Morgan fingerprint density at radius 1 is 1.10 bits per heavy atom. The predicted octanol–water partition coefficient (Wildman–Crippen LogP) is 3.14. The number of sulfonamides is 1. The van der Waals surface area contributed by atoms with Crippen LogP contribution in [0.5, 0.6) is 0 Å². The van der Waals surface area contributed by atoms with E-state index in [-0.39, 0.29) is 16.3 Å². The number of carbonyl (C=O) groups excluding carboxylic acids is 1. The number of rotatable bonds is 5. The van der Waals surface area contributed by atoms with Gasteiger partial charge in [0.2, 0.25) is 10.0 Å². The highest BCUT2D eigenvalue weighted by Crippen LogP contribution is 2.26. The van der Waals surface area contributed by atoms with Crippen LogP contribution in [0.15, 0.2) is 58.8 Å². The Kier molecular flexibility index (Phi) is 6.15. The second-order valence-electron chi connectivity index (χ2n) is 7.24. The molecule has 0 bridgehead atoms. The molecule has 0 aliphatic carbocycles. The molecule has 1 aromatic heterocycles. The predicted molar refractivity (Wildman–Crippen MR) is 118 cm³/mol. The Balaban J connectivity index is 1.50. The number of likely N-dealkylation sites (N-methyl/N-ethyl adjacent to an activating group) is 1. The van der Waals surface area contributed by atoms with Gasteiger partial charge in [0.1, 0.15) is 5.82 Å². The molecule has 3 aromatic rings. The minimum atomic E-state index is -3.67. The second-order valence-corrected chi connectivity index (χ2v) is 10.0. The lowest BCUT2D eigenvalue weighted by Gasteiger charge is -2.31. The van der Waals surface area contributed by atoms with Crippen LogP contribution in [-0.4, -0.2) is 61.7 Å². The van der Waals surface area contributed by atoms with Gasteiger partial charge in [-0.05, 0) is 37.4 Å². The molecule has 1 aliphatic heterocycles. The average Bonchev–Trinajstić information content (AvgIpc) is 3.23. The van der Waals surface area contributed by atoms with Gasteiger partial charge in [0.15, 0.2) is 5.13 Å². The number of anilines is 1. The van der Waals surface area contributed by atoms with Crippen LogP contribution in [-0.2, 0) is 10.0 Å². The molecular formula is C21H21FN4O3S2. The van der Waals surface area contributed by atoms with Crippen molar-refractivity contribution in [1.82, 2.24) is 14.2 Å². The van der Waals surface area contributed by atoms with Crippen molar-refractivity contribution >= 4 is 32.4 Å². The quantitative estimate of drug-likeness (QED) is 0.633. The number of amides is 1. The summed E-state index contributed by atoms with van der Waals surface area (Å²) >= 11 is 1.21. The molecule has 0 radical (unpaired) electrons. The minimum absolute atomic E-state index is 0.0873. The molecule has 0 saturated carbocycles. The van der Waals surface area contributed by atoms with Crippen LogP contribution in [0.3, 0.4) is 0 Å². The maximum Gasteiger partial charge on any atom is 0.257 e. The largest absolute Gasteiger partial charge is 0.304 e. The lowest BCUT2D eigenvalue weighted by atomic mass is 10.2. The summed E-state index contributed by atoms with van der Waals surface area (Å²) in [6, 6.07) is 12.0. The summed E-state index contributed by atoms with van der Waals surface area (Å²) in [6.45, 7) is 2.16. The number of nitrogens with zero attached hydrogens (tertiary/aromatic N) is 3. The molecule has 1 aliphatic rings. The van der Waals surface area contributed by atoms with Crippen molar-refractivity contribution in [3.63, 3.8) is 0 Å². The van der Waals surface area contributed by atoms with Gasteiger partial charge in [0.25, 0.3) is 5.91 Å². The van der Waals surface area contributed by atoms with Gasteiger partial charge in [-0.1, -0.05) is 18.2 Å². The van der Waals surface area contributed by atoms with Crippen molar-refractivity contribution in [2.75, 3.05) is 38.5 Å². The number of hydrogen-bond donors (Lipinski definition) is 1. The highest BCUT2D eigenvalue weighted by molar-refractivity contribution is 7.89. The first-order chi connectivity index (χ1) is 14.8. The lowest BCUT2D eigenvalue weighted by Crippen LogP contribution is -2.47. The van der Waals surface area contributed by atoms with Gasteiger partial charge < -0.3 is 4.90 Å². The summed E-state index contributed by atoms with van der Waals surface area (Å²) in [5, 5.41) is 4.75. The molecule has 10 heteroatoms. The van der Waals surface area contributed by atoms with Crippen LogP contribution >= 0.6 is 11.3 Å². The van der Waals surface area contributed by atoms with Crippen LogP contribution in [0, 0.1) is 5.82 Å². The van der Waals surface area contributed by atoms with E-state index < -0.39 is 15.9 Å². The molecular weight excluding hydrogens is 439 g/mol. The van der Waals surface area contributed by atoms with E-state index in [2.05, 4.69) is 15.2 Å². The number of nitrogens with one attached hydrogen (secondary N) is 1. The molecule has 7 nitrogen and oxygen atoms in total. The number of thiazole rings is 1. The molecule has 1 N–H and O–H groups in total. The van der Waals surface area contributed by atoms with Crippen LogP contribution in [0.2, 0.25) is 0 Å². The number of carbonyl (C=O) groups is 1. The summed E-state index contributed by atoms with van der Waals surface area (Å²) in [5.41, 5.74) is 1.38. The summed E-state index contributed by atoms with van der Waals surface area (Å²) < 4.78 is 40.8. The molecule has 1 saturated heterocycles. The van der Waals surface area contributed by atoms with Crippen LogP contribution < -0.4 is 5.32 Å². The van der Waals surface area contributed by atoms with Gasteiger partial charge >= 0.3 is 0 Å². The van der Waals surface area contributed by atoms with Crippen LogP contribution in [0.25, 0.3) is 11.3 Å². The highest BCUT2D eigenvalue weighted by Gasteiger charge is 2.28. The van der Waals surface area contributed by atoms with Gasteiger partial charge in [-0.15, -0.1) is 11.3 Å². The Hall–Kier alpha value is -2.66. The Labute approximate surface area is 184 Å². The van der Waals surface area contributed by atoms with E-state index in [1.165, 1.54) is 39.9 Å². The first-order valence-electron chi connectivity index (χ1n) is 9.64. The van der Waals surface area contributed by atoms with Crippen molar-refractivity contribution in [2.45, 2.75) is 4.90 Å². The maximum atomic E-state index is 13.4. The van der Waals surface area contributed by atoms with E-state index in [4.69, 9.17) is 0 Å². The van der Waals surface area contributed by atoms with E-state index in [1.807, 2.05) is 7.05 Å². The van der Waals surface area contributed by atoms with E-state index in [1.54, 1.807) is 29.6 Å². The molecule has 162 valence electrons. The van der Waals surface area contributed by atoms with Gasteiger partial charge in [-0.25, -0.2) is 17.8 Å². The number of benzene rings is 2. The molecule has 1 fully saturated rings. The third-order valence-electron chi connectivity index (χ3n) is 5.04. The molecule has 2 heterocycles. The lowest BCUT2D eigenvalue weighted by molar-refractivity contribution is 0.102. The summed E-state index contributed by atoms with van der Waals surface area (Å²) in [6.07, 6.45) is 0. The molecule has 0 atom stereocenters. The zero-order valence-electron chi connectivity index (χ0n) is 16.8. The number of halogens is 1. The summed E-state index contributed by atoms with van der Waals surface area (Å²) in [4.78, 5) is 19.2. The Bertz CT molecular complexity index is 1200. The number of aromatic nitrogens is 1. The number of hydrogen-bond acceptors (Lipinski definition) is 6. The van der Waals surface area contributed by atoms with E-state index in [9.17, 15) is 17.6 Å². The molecule has 0 unspecified atom stereocenters. The van der Waals surface area contributed by atoms with Crippen molar-refractivity contribution in [3.8, 4) is 11.3 Å². The van der Waals surface area contributed by atoms with Gasteiger partial charge in [-0.3, -0.25) is 10.1 Å². The fraction of sp³-hybridized carbons (Fsp3) is 0.238. The standard InChI is InChI=1S/C21H21FN4O3S2/c1-25-8-10-26(11-9-25)31(28,29)18-7-3-5-16(13-18)20(27)24-21-23-19(14-30-21)15-4-2-6-17(22)12-15/h2-7,12-14H,8-11H2,1H3,(H,23,24,27). The zero-order valence-corrected chi connectivity index (χ0v) is 18.4. The second kappa shape index (κ2) is 8.83. The Morgan fingerprint density at radius 2 is 1.84 bits per heavy atom. The van der Waals surface area contributed by atoms with Crippen LogP contribution in [0.1, 0.15) is 10.4 Å².